The van der Waals surface area contributed by atoms with E-state index in [-0.39, 0.29) is 36.4 Å². The first-order valence-corrected chi connectivity index (χ1v) is 6.04. The van der Waals surface area contributed by atoms with Gasteiger partial charge < -0.3 is 20.7 Å². The van der Waals surface area contributed by atoms with Crippen LogP contribution in [0.5, 0.6) is 0 Å². The summed E-state index contributed by atoms with van der Waals surface area (Å²) in [6, 6.07) is 0. The normalized spacial score (nSPS) is 16.1. The smallest absolute Gasteiger partial charge is 0.241 e. The third kappa shape index (κ3) is 7.00. The number of nitrogens with one attached hydrogen (secondary N) is 1. The fraction of sp³-hybridized carbons (Fsp3) is 0.818. The molecule has 6 nitrogen and oxygen atoms in total. The number of carbonyl (C=O) groups is 1. The first-order valence-electron chi connectivity index (χ1n) is 6.04. The number of methoxy groups -OCH3 is 1. The number of carbonyl (C=O) groups excluding carboxylic acids is 1. The molecule has 3 N–H and O–H groups in total. The Morgan fingerprint density at radius 1 is 1.39 bits per heavy atom. The van der Waals surface area contributed by atoms with Crippen molar-refractivity contribution in [3.05, 3.63) is 0 Å². The van der Waals surface area contributed by atoms with Crippen LogP contribution in [0.3, 0.4) is 0 Å². The molecule has 0 atom stereocenters. The van der Waals surface area contributed by atoms with Crippen molar-refractivity contribution in [2.75, 3.05) is 39.9 Å². The van der Waals surface area contributed by atoms with Crippen molar-refractivity contribution in [3.63, 3.8) is 0 Å². The van der Waals surface area contributed by atoms with Crippen LogP contribution in [-0.2, 0) is 9.53 Å². The molecule has 1 amide bonds. The zero-order valence-electron chi connectivity index (χ0n) is 10.9. The van der Waals surface area contributed by atoms with Crippen molar-refractivity contribution < 1.29 is 9.53 Å². The van der Waals surface area contributed by atoms with Crippen LogP contribution < -0.4 is 11.1 Å². The first kappa shape index (κ1) is 17.4. The fourth-order valence-corrected chi connectivity index (χ4v) is 1.72. The number of aliphatic imine (C=N–C) groups is 1. The highest BCUT2D eigenvalue weighted by Gasteiger charge is 2.11. The summed E-state index contributed by atoms with van der Waals surface area (Å²) < 4.78 is 4.83. The molecule has 1 saturated heterocycles. The summed E-state index contributed by atoms with van der Waals surface area (Å²) in [6.07, 6.45) is 3.55. The number of likely N-dealkylation sites (tertiary alicyclic amines) is 1. The summed E-state index contributed by atoms with van der Waals surface area (Å²) >= 11 is 0. The van der Waals surface area contributed by atoms with Gasteiger partial charge in [-0.1, -0.05) is 0 Å². The van der Waals surface area contributed by atoms with Gasteiger partial charge in [0.2, 0.25) is 5.91 Å². The van der Waals surface area contributed by atoms with Gasteiger partial charge in [-0.15, -0.1) is 24.0 Å². The Kier molecular flexibility index (Phi) is 10.0. The van der Waals surface area contributed by atoms with Crippen molar-refractivity contribution in [3.8, 4) is 0 Å². The molecule has 0 aromatic heterocycles. The molecule has 1 heterocycles. The molecule has 18 heavy (non-hydrogen) atoms. The molecule has 0 aliphatic carbocycles. The van der Waals surface area contributed by atoms with E-state index in [0.717, 1.165) is 25.9 Å². The number of halogens is 1. The van der Waals surface area contributed by atoms with Crippen molar-refractivity contribution in [1.82, 2.24) is 10.2 Å². The molecule has 1 aliphatic rings. The number of amides is 1. The highest BCUT2D eigenvalue weighted by molar-refractivity contribution is 14.0. The second kappa shape index (κ2) is 10.4. The average molecular weight is 370 g/mol. The number of ether oxygens (including phenoxy) is 1. The molecule has 1 aliphatic heterocycles. The predicted octanol–water partition coefficient (Wildman–Crippen LogP) is 0.168. The maximum absolute atomic E-state index is 11.4. The maximum atomic E-state index is 11.4. The zero-order valence-corrected chi connectivity index (χ0v) is 13.2. The number of guanidine groups is 1. The van der Waals surface area contributed by atoms with E-state index in [1.54, 1.807) is 7.11 Å². The number of hydrogen-bond donors (Lipinski definition) is 2. The van der Waals surface area contributed by atoms with E-state index in [1.807, 2.05) is 4.90 Å². The zero-order chi connectivity index (χ0) is 12.5. The Bertz CT molecular complexity index is 268. The molecular weight excluding hydrogens is 347 g/mol. The minimum atomic E-state index is -0.123. The number of hydrogen-bond acceptors (Lipinski definition) is 3. The van der Waals surface area contributed by atoms with Crippen LogP contribution >= 0.6 is 24.0 Å². The predicted molar refractivity (Wildman–Crippen MR) is 82.2 cm³/mol. The number of piperidine rings is 1. The van der Waals surface area contributed by atoms with Crippen molar-refractivity contribution in [1.29, 1.82) is 0 Å². The molecule has 1 fully saturated rings. The van der Waals surface area contributed by atoms with Crippen LogP contribution in [0.2, 0.25) is 0 Å². The standard InChI is InChI=1S/C11H22N4O2.HI/c1-17-8-5-13-10(16)9-14-11(12)15-6-3-2-4-7-15;/h2-9H2,1H3,(H2,12,14)(H,13,16);1H. The number of rotatable bonds is 5. The number of nitrogens with zero attached hydrogens (tertiary/aromatic N) is 2. The van der Waals surface area contributed by atoms with Gasteiger partial charge in [0.15, 0.2) is 5.96 Å². The van der Waals surface area contributed by atoms with Crippen LogP contribution in [0.15, 0.2) is 4.99 Å². The molecule has 0 aromatic carbocycles. The molecule has 0 bridgehead atoms. The number of nitrogens with two attached hydrogens (primary N) is 1. The van der Waals surface area contributed by atoms with E-state index in [1.165, 1.54) is 6.42 Å². The second-order valence-electron chi connectivity index (χ2n) is 4.06. The van der Waals surface area contributed by atoms with E-state index in [4.69, 9.17) is 10.5 Å². The largest absolute Gasteiger partial charge is 0.383 e. The lowest BCUT2D eigenvalue weighted by Crippen LogP contribution is -2.41. The van der Waals surface area contributed by atoms with Gasteiger partial charge >= 0.3 is 0 Å². The molecule has 7 heteroatoms. The van der Waals surface area contributed by atoms with E-state index < -0.39 is 0 Å². The van der Waals surface area contributed by atoms with Gasteiger partial charge in [-0.2, -0.15) is 0 Å². The first-order chi connectivity index (χ1) is 8.24. The van der Waals surface area contributed by atoms with Gasteiger partial charge in [0.25, 0.3) is 0 Å². The van der Waals surface area contributed by atoms with E-state index in [0.29, 0.717) is 19.1 Å². The van der Waals surface area contributed by atoms with Crippen molar-refractivity contribution >= 4 is 35.8 Å². The van der Waals surface area contributed by atoms with E-state index >= 15 is 0 Å². The summed E-state index contributed by atoms with van der Waals surface area (Å²) in [5, 5.41) is 2.70. The lowest BCUT2D eigenvalue weighted by Gasteiger charge is -2.27. The summed E-state index contributed by atoms with van der Waals surface area (Å²) in [6.45, 7) is 3.00. The monoisotopic (exact) mass is 370 g/mol. The van der Waals surface area contributed by atoms with Crippen LogP contribution in [0.25, 0.3) is 0 Å². The highest BCUT2D eigenvalue weighted by atomic mass is 127. The minimum Gasteiger partial charge on any atom is -0.383 e. The molecule has 0 aromatic rings. The molecule has 0 spiro atoms. The van der Waals surface area contributed by atoms with Crippen LogP contribution in [0, 0.1) is 0 Å². The van der Waals surface area contributed by atoms with Gasteiger partial charge in [0.05, 0.1) is 6.61 Å². The van der Waals surface area contributed by atoms with Gasteiger partial charge in [-0.25, -0.2) is 4.99 Å². The quantitative estimate of drug-likeness (QED) is 0.313. The lowest BCUT2D eigenvalue weighted by atomic mass is 10.1. The molecule has 0 saturated carbocycles. The minimum absolute atomic E-state index is 0. The van der Waals surface area contributed by atoms with Crippen LogP contribution in [0.4, 0.5) is 0 Å². The van der Waals surface area contributed by atoms with Crippen molar-refractivity contribution in [2.45, 2.75) is 19.3 Å². The van der Waals surface area contributed by atoms with Gasteiger partial charge in [-0.3, -0.25) is 4.79 Å². The molecule has 106 valence electrons. The molecule has 0 unspecified atom stereocenters. The molecule has 1 rings (SSSR count). The van der Waals surface area contributed by atoms with Crippen LogP contribution in [-0.4, -0.2) is 56.7 Å². The maximum Gasteiger partial charge on any atom is 0.241 e. The van der Waals surface area contributed by atoms with Gasteiger partial charge in [-0.05, 0) is 19.3 Å². The second-order valence-corrected chi connectivity index (χ2v) is 4.06. The van der Waals surface area contributed by atoms with E-state index in [2.05, 4.69) is 10.3 Å². The fourth-order valence-electron chi connectivity index (χ4n) is 1.72. The SMILES string of the molecule is COCCNC(=O)CN=C(N)N1CCCCC1.I. The Labute approximate surface area is 125 Å². The molecule has 0 radical (unpaired) electrons. The Hall–Kier alpha value is -0.570. The Balaban J connectivity index is 0.00000289. The average Bonchev–Trinajstić information content (AvgIpc) is 2.37. The third-order valence-corrected chi connectivity index (χ3v) is 2.69. The molecular formula is C11H23IN4O2. The topological polar surface area (TPSA) is 79.9 Å². The summed E-state index contributed by atoms with van der Waals surface area (Å²) in [5.41, 5.74) is 5.82. The van der Waals surface area contributed by atoms with Crippen LogP contribution in [0.1, 0.15) is 19.3 Å². The summed E-state index contributed by atoms with van der Waals surface area (Å²) in [4.78, 5) is 17.5. The third-order valence-electron chi connectivity index (χ3n) is 2.69. The van der Waals surface area contributed by atoms with Gasteiger partial charge in [0.1, 0.15) is 6.54 Å². The highest BCUT2D eigenvalue weighted by Crippen LogP contribution is 2.07. The van der Waals surface area contributed by atoms with Crippen molar-refractivity contribution in [2.24, 2.45) is 10.7 Å². The Morgan fingerprint density at radius 3 is 2.67 bits per heavy atom. The summed E-state index contributed by atoms with van der Waals surface area (Å²) in [7, 11) is 1.60. The van der Waals surface area contributed by atoms with E-state index in [9.17, 15) is 4.79 Å². The lowest BCUT2D eigenvalue weighted by molar-refractivity contribution is -0.119. The van der Waals surface area contributed by atoms with Gasteiger partial charge in [0, 0.05) is 26.7 Å². The Morgan fingerprint density at radius 2 is 2.06 bits per heavy atom. The summed E-state index contributed by atoms with van der Waals surface area (Å²) in [5.74, 6) is 0.355.